The van der Waals surface area contributed by atoms with Gasteiger partial charge in [0.25, 0.3) is 0 Å². The summed E-state index contributed by atoms with van der Waals surface area (Å²) in [4.78, 5) is 59.0. The standard InChI is InChI=1S/C11H13N3O5/c1-11(2)8(17)13-10(19)14(9(11)18)5-3-4-6(15)12-7(5)16/h5H,3-4H2,1-2H3,(H,12,15,16)(H,13,17,19). The largest absolute Gasteiger partial charge is 0.331 e. The van der Waals surface area contributed by atoms with Gasteiger partial charge in [0, 0.05) is 6.42 Å². The molecular weight excluding hydrogens is 254 g/mol. The lowest BCUT2D eigenvalue weighted by molar-refractivity contribution is -0.155. The highest BCUT2D eigenvalue weighted by atomic mass is 16.2. The lowest BCUT2D eigenvalue weighted by Crippen LogP contribution is -2.67. The van der Waals surface area contributed by atoms with Crippen molar-refractivity contribution in [2.24, 2.45) is 5.41 Å². The minimum absolute atomic E-state index is 0.0435. The van der Waals surface area contributed by atoms with Crippen molar-refractivity contribution in [2.75, 3.05) is 0 Å². The molecule has 2 saturated heterocycles. The third-order valence-electron chi connectivity index (χ3n) is 3.28. The zero-order chi connectivity index (χ0) is 14.4. The predicted octanol–water partition coefficient (Wildman–Crippen LogP) is -1.10. The van der Waals surface area contributed by atoms with Crippen LogP contribution >= 0.6 is 0 Å². The van der Waals surface area contributed by atoms with Crippen LogP contribution in [0.15, 0.2) is 0 Å². The Labute approximate surface area is 108 Å². The molecule has 8 nitrogen and oxygen atoms in total. The Morgan fingerprint density at radius 3 is 2.32 bits per heavy atom. The number of urea groups is 1. The fourth-order valence-electron chi connectivity index (χ4n) is 2.02. The van der Waals surface area contributed by atoms with Crippen molar-refractivity contribution in [1.82, 2.24) is 15.5 Å². The second-order valence-electron chi connectivity index (χ2n) is 5.03. The Hall–Kier alpha value is -2.25. The van der Waals surface area contributed by atoms with Gasteiger partial charge in [-0.15, -0.1) is 0 Å². The van der Waals surface area contributed by atoms with Gasteiger partial charge < -0.3 is 0 Å². The first kappa shape index (κ1) is 13.2. The van der Waals surface area contributed by atoms with E-state index in [1.165, 1.54) is 13.8 Å². The average Bonchev–Trinajstić information content (AvgIpc) is 2.30. The highest BCUT2D eigenvalue weighted by Gasteiger charge is 2.51. The van der Waals surface area contributed by atoms with E-state index in [0.717, 1.165) is 4.90 Å². The van der Waals surface area contributed by atoms with Crippen LogP contribution in [0.25, 0.3) is 0 Å². The second-order valence-corrected chi connectivity index (χ2v) is 5.03. The number of amides is 6. The van der Waals surface area contributed by atoms with Gasteiger partial charge in [0.05, 0.1) is 0 Å². The Morgan fingerprint density at radius 2 is 1.74 bits per heavy atom. The van der Waals surface area contributed by atoms with Crippen LogP contribution in [0.1, 0.15) is 26.7 Å². The molecule has 1 unspecified atom stereocenters. The maximum absolute atomic E-state index is 12.2. The third-order valence-corrected chi connectivity index (χ3v) is 3.28. The fourth-order valence-corrected chi connectivity index (χ4v) is 2.02. The van der Waals surface area contributed by atoms with Crippen molar-refractivity contribution in [1.29, 1.82) is 0 Å². The van der Waals surface area contributed by atoms with E-state index < -0.39 is 41.1 Å². The Morgan fingerprint density at radius 1 is 1.11 bits per heavy atom. The van der Waals surface area contributed by atoms with Gasteiger partial charge >= 0.3 is 6.03 Å². The molecule has 6 amide bonds. The van der Waals surface area contributed by atoms with Crippen LogP contribution in [0, 0.1) is 5.41 Å². The number of hydrogen-bond acceptors (Lipinski definition) is 5. The van der Waals surface area contributed by atoms with Gasteiger partial charge in [-0.2, -0.15) is 0 Å². The molecule has 0 aliphatic carbocycles. The van der Waals surface area contributed by atoms with Crippen molar-refractivity contribution < 1.29 is 24.0 Å². The average molecular weight is 267 g/mol. The summed E-state index contributed by atoms with van der Waals surface area (Å²) in [7, 11) is 0. The van der Waals surface area contributed by atoms with Crippen molar-refractivity contribution in [2.45, 2.75) is 32.7 Å². The molecule has 0 aromatic rings. The van der Waals surface area contributed by atoms with Crippen molar-refractivity contribution in [3.8, 4) is 0 Å². The Bertz CT molecular complexity index is 510. The molecule has 102 valence electrons. The van der Waals surface area contributed by atoms with Crippen LogP contribution in [-0.4, -0.2) is 40.6 Å². The van der Waals surface area contributed by atoms with Gasteiger partial charge in [0.1, 0.15) is 11.5 Å². The molecule has 2 aliphatic heterocycles. The van der Waals surface area contributed by atoms with E-state index in [2.05, 4.69) is 5.32 Å². The number of barbiturate groups is 1. The fraction of sp³-hybridized carbons (Fsp3) is 0.545. The van der Waals surface area contributed by atoms with Gasteiger partial charge in [0.2, 0.25) is 23.6 Å². The molecule has 8 heteroatoms. The van der Waals surface area contributed by atoms with Crippen LogP contribution in [0.5, 0.6) is 0 Å². The molecular formula is C11H13N3O5. The van der Waals surface area contributed by atoms with Gasteiger partial charge in [-0.3, -0.25) is 34.7 Å². The predicted molar refractivity (Wildman–Crippen MR) is 60.3 cm³/mol. The van der Waals surface area contributed by atoms with E-state index in [9.17, 15) is 24.0 Å². The Kier molecular flexibility index (Phi) is 2.88. The van der Waals surface area contributed by atoms with E-state index in [1.807, 2.05) is 5.32 Å². The monoisotopic (exact) mass is 267 g/mol. The molecule has 0 radical (unpaired) electrons. The first-order valence-electron chi connectivity index (χ1n) is 5.78. The van der Waals surface area contributed by atoms with Crippen LogP contribution in [-0.2, 0) is 19.2 Å². The number of nitrogens with zero attached hydrogens (tertiary/aromatic N) is 1. The molecule has 2 fully saturated rings. The summed E-state index contributed by atoms with van der Waals surface area (Å²) in [5.74, 6) is -2.59. The summed E-state index contributed by atoms with van der Waals surface area (Å²) in [6, 6.07) is -1.98. The normalized spacial score (nSPS) is 27.2. The second kappa shape index (κ2) is 4.15. The molecule has 2 aliphatic rings. The van der Waals surface area contributed by atoms with Crippen LogP contribution in [0.3, 0.4) is 0 Å². The van der Waals surface area contributed by atoms with Gasteiger partial charge in [-0.25, -0.2) is 4.79 Å². The van der Waals surface area contributed by atoms with Crippen LogP contribution in [0.4, 0.5) is 4.79 Å². The smallest absolute Gasteiger partial charge is 0.295 e. The summed E-state index contributed by atoms with van der Waals surface area (Å²) in [6.07, 6.45) is 0.107. The molecule has 19 heavy (non-hydrogen) atoms. The first-order valence-corrected chi connectivity index (χ1v) is 5.78. The number of nitrogens with one attached hydrogen (secondary N) is 2. The maximum atomic E-state index is 12.2. The van der Waals surface area contributed by atoms with E-state index in [4.69, 9.17) is 0 Å². The maximum Gasteiger partial charge on any atom is 0.331 e. The zero-order valence-corrected chi connectivity index (χ0v) is 10.5. The minimum Gasteiger partial charge on any atom is -0.295 e. The molecule has 0 saturated carbocycles. The molecule has 0 spiro atoms. The number of carbonyl (C=O) groups excluding carboxylic acids is 5. The summed E-state index contributed by atoms with van der Waals surface area (Å²) < 4.78 is 0. The van der Waals surface area contributed by atoms with E-state index in [1.54, 1.807) is 0 Å². The van der Waals surface area contributed by atoms with Crippen LogP contribution in [0.2, 0.25) is 0 Å². The summed E-state index contributed by atoms with van der Waals surface area (Å²) in [6.45, 7) is 2.74. The quantitative estimate of drug-likeness (QED) is 0.462. The summed E-state index contributed by atoms with van der Waals surface area (Å²) >= 11 is 0. The Balaban J connectivity index is 2.31. The lowest BCUT2D eigenvalue weighted by Gasteiger charge is -2.39. The zero-order valence-electron chi connectivity index (χ0n) is 10.5. The van der Waals surface area contributed by atoms with E-state index in [-0.39, 0.29) is 12.8 Å². The molecule has 0 aromatic carbocycles. The number of piperidine rings is 1. The van der Waals surface area contributed by atoms with Crippen molar-refractivity contribution in [3.05, 3.63) is 0 Å². The molecule has 0 bridgehead atoms. The minimum atomic E-state index is -1.42. The molecule has 2 heterocycles. The summed E-state index contributed by atoms with van der Waals surface area (Å²) in [5, 5.41) is 4.11. The highest BCUT2D eigenvalue weighted by molar-refractivity contribution is 6.20. The van der Waals surface area contributed by atoms with Crippen LogP contribution < -0.4 is 10.6 Å². The molecule has 0 aromatic heterocycles. The number of hydrogen-bond donors (Lipinski definition) is 2. The SMILES string of the molecule is CC1(C)C(=O)NC(=O)N(C2CCC(=O)NC2=O)C1=O. The van der Waals surface area contributed by atoms with Crippen molar-refractivity contribution in [3.63, 3.8) is 0 Å². The first-order chi connectivity index (χ1) is 8.75. The van der Waals surface area contributed by atoms with Gasteiger partial charge in [0.15, 0.2) is 0 Å². The number of carbonyl (C=O) groups is 5. The molecule has 2 N–H and O–H groups in total. The topological polar surface area (TPSA) is 113 Å². The molecule has 2 rings (SSSR count). The summed E-state index contributed by atoms with van der Waals surface area (Å²) in [5.41, 5.74) is -1.42. The molecule has 1 atom stereocenters. The van der Waals surface area contributed by atoms with E-state index >= 15 is 0 Å². The van der Waals surface area contributed by atoms with Crippen molar-refractivity contribution >= 4 is 29.7 Å². The third kappa shape index (κ3) is 1.98. The highest BCUT2D eigenvalue weighted by Crippen LogP contribution is 2.26. The lowest BCUT2D eigenvalue weighted by atomic mass is 9.87. The number of imide groups is 3. The van der Waals surface area contributed by atoms with E-state index in [0.29, 0.717) is 0 Å². The number of rotatable bonds is 1. The van der Waals surface area contributed by atoms with Gasteiger partial charge in [-0.1, -0.05) is 0 Å². The van der Waals surface area contributed by atoms with Gasteiger partial charge in [-0.05, 0) is 20.3 Å².